The first-order valence-electron chi connectivity index (χ1n) is 5.38. The molecule has 13 heavy (non-hydrogen) atoms. The Bertz CT molecular complexity index is 174. The molecule has 2 aliphatic rings. The van der Waals surface area contributed by atoms with Crippen LogP contribution >= 0.6 is 0 Å². The van der Waals surface area contributed by atoms with Crippen LogP contribution in [-0.4, -0.2) is 19.3 Å². The highest BCUT2D eigenvalue weighted by Crippen LogP contribution is 2.38. The van der Waals surface area contributed by atoms with Crippen molar-refractivity contribution in [3.63, 3.8) is 0 Å². The van der Waals surface area contributed by atoms with Crippen molar-refractivity contribution >= 4 is 7.12 Å². The second-order valence-electron chi connectivity index (χ2n) is 5.33. The van der Waals surface area contributed by atoms with Crippen molar-refractivity contribution < 1.29 is 9.31 Å². The van der Waals surface area contributed by atoms with Gasteiger partial charge in [-0.25, -0.2) is 0 Å². The molecule has 1 aliphatic carbocycles. The molecule has 74 valence electrons. The summed E-state index contributed by atoms with van der Waals surface area (Å²) >= 11 is 0. The van der Waals surface area contributed by atoms with Crippen molar-refractivity contribution in [2.75, 3.05) is 0 Å². The highest BCUT2D eigenvalue weighted by Gasteiger charge is 2.46. The van der Waals surface area contributed by atoms with Gasteiger partial charge in [0.25, 0.3) is 0 Å². The topological polar surface area (TPSA) is 18.5 Å². The minimum atomic E-state index is 0.0144. The highest BCUT2D eigenvalue weighted by atomic mass is 16.7. The quantitative estimate of drug-likeness (QED) is 0.536. The Morgan fingerprint density at radius 3 is 1.85 bits per heavy atom. The lowest BCUT2D eigenvalue weighted by Gasteiger charge is -2.22. The van der Waals surface area contributed by atoms with Crippen LogP contribution in [0.4, 0.5) is 0 Å². The lowest BCUT2D eigenvalue weighted by molar-refractivity contribution is 0.110. The largest absolute Gasteiger partial charge is 0.463 e. The Hall–Kier alpha value is -0.0151. The van der Waals surface area contributed by atoms with Crippen molar-refractivity contribution in [1.82, 2.24) is 0 Å². The Morgan fingerprint density at radius 1 is 1.00 bits per heavy atom. The maximum atomic E-state index is 5.91. The smallest absolute Gasteiger partial charge is 0.405 e. The molecule has 0 aromatic rings. The van der Waals surface area contributed by atoms with E-state index in [0.29, 0.717) is 12.2 Å². The maximum Gasteiger partial charge on any atom is 0.463 e. The monoisotopic (exact) mass is 182 g/mol. The van der Waals surface area contributed by atoms with Gasteiger partial charge in [-0.15, -0.1) is 0 Å². The maximum absolute atomic E-state index is 5.91. The van der Waals surface area contributed by atoms with E-state index in [1.165, 1.54) is 25.7 Å². The van der Waals surface area contributed by atoms with Gasteiger partial charge in [-0.1, -0.05) is 33.6 Å². The van der Waals surface area contributed by atoms with E-state index in [2.05, 4.69) is 20.8 Å². The van der Waals surface area contributed by atoms with Gasteiger partial charge >= 0.3 is 7.12 Å². The van der Waals surface area contributed by atoms with Gasteiger partial charge in [-0.2, -0.15) is 0 Å². The molecule has 0 unspecified atom stereocenters. The average Bonchev–Trinajstić information content (AvgIpc) is 2.45. The van der Waals surface area contributed by atoms with E-state index in [9.17, 15) is 0 Å². The predicted molar refractivity (Wildman–Crippen MR) is 53.7 cm³/mol. The molecular formula is C10H19BO2. The zero-order chi connectivity index (χ0) is 9.47. The highest BCUT2D eigenvalue weighted by molar-refractivity contribution is 6.49. The van der Waals surface area contributed by atoms with E-state index >= 15 is 0 Å². The van der Waals surface area contributed by atoms with E-state index in [-0.39, 0.29) is 12.4 Å². The van der Waals surface area contributed by atoms with E-state index in [4.69, 9.17) is 9.31 Å². The van der Waals surface area contributed by atoms with Gasteiger partial charge < -0.3 is 9.31 Å². The molecule has 0 N–H and O–H groups in total. The fraction of sp³-hybridized carbons (Fsp3) is 1.00. The van der Waals surface area contributed by atoms with Crippen molar-refractivity contribution in [1.29, 1.82) is 0 Å². The number of hydrogen-bond donors (Lipinski definition) is 0. The SMILES string of the molecule is CC(C)(C)B1O[C@H]2CCCC[C@H]2O1. The lowest BCUT2D eigenvalue weighted by atomic mass is 9.61. The van der Waals surface area contributed by atoms with Gasteiger partial charge in [0.05, 0.1) is 12.2 Å². The van der Waals surface area contributed by atoms with Crippen LogP contribution in [0.3, 0.4) is 0 Å². The summed E-state index contributed by atoms with van der Waals surface area (Å²) in [5.74, 6) is 0. The predicted octanol–water partition coefficient (Wildman–Crippen LogP) is 2.63. The van der Waals surface area contributed by atoms with Crippen LogP contribution in [0.25, 0.3) is 0 Å². The Balaban J connectivity index is 1.99. The molecule has 2 nitrogen and oxygen atoms in total. The molecule has 1 heterocycles. The number of fused-ring (bicyclic) bond motifs is 1. The van der Waals surface area contributed by atoms with Crippen LogP contribution in [0.5, 0.6) is 0 Å². The number of rotatable bonds is 0. The zero-order valence-corrected chi connectivity index (χ0v) is 8.88. The van der Waals surface area contributed by atoms with Crippen LogP contribution in [0.2, 0.25) is 5.31 Å². The van der Waals surface area contributed by atoms with Crippen molar-refractivity contribution in [2.24, 2.45) is 0 Å². The third kappa shape index (κ3) is 1.91. The first-order chi connectivity index (χ1) is 6.07. The van der Waals surface area contributed by atoms with E-state index in [1.54, 1.807) is 0 Å². The lowest BCUT2D eigenvalue weighted by Crippen LogP contribution is -2.28. The van der Waals surface area contributed by atoms with Gasteiger partial charge in [0, 0.05) is 0 Å². The molecule has 3 heteroatoms. The Labute approximate surface area is 81.1 Å². The summed E-state index contributed by atoms with van der Waals surface area (Å²) in [4.78, 5) is 0. The van der Waals surface area contributed by atoms with Crippen LogP contribution in [0.15, 0.2) is 0 Å². The fourth-order valence-corrected chi connectivity index (χ4v) is 2.13. The molecule has 0 radical (unpaired) electrons. The van der Waals surface area contributed by atoms with Crippen molar-refractivity contribution in [3.05, 3.63) is 0 Å². The third-order valence-corrected chi connectivity index (χ3v) is 2.95. The minimum Gasteiger partial charge on any atom is -0.405 e. The molecule has 2 atom stereocenters. The first kappa shape index (κ1) is 9.54. The fourth-order valence-electron chi connectivity index (χ4n) is 2.13. The Kier molecular flexibility index (Phi) is 2.41. The molecule has 0 aromatic carbocycles. The van der Waals surface area contributed by atoms with E-state index in [0.717, 1.165) is 0 Å². The standard InChI is InChI=1S/C10H19BO2/c1-10(2,3)11-12-8-6-4-5-7-9(8)13-11/h8-9H,4-7H2,1-3H3/t8-,9+. The summed E-state index contributed by atoms with van der Waals surface area (Å²) in [5, 5.41) is 0.122. The molecule has 1 saturated heterocycles. The molecule has 1 aliphatic heterocycles. The summed E-state index contributed by atoms with van der Waals surface area (Å²) in [7, 11) is 0.0144. The minimum absolute atomic E-state index is 0.0144. The molecule has 1 saturated carbocycles. The number of hydrogen-bond acceptors (Lipinski definition) is 2. The molecular weight excluding hydrogens is 163 g/mol. The molecule has 0 spiro atoms. The summed E-state index contributed by atoms with van der Waals surface area (Å²) in [6.07, 6.45) is 5.77. The van der Waals surface area contributed by atoms with Gasteiger partial charge in [-0.05, 0) is 18.2 Å². The van der Waals surface area contributed by atoms with E-state index < -0.39 is 0 Å². The van der Waals surface area contributed by atoms with Crippen LogP contribution in [0.1, 0.15) is 46.5 Å². The second kappa shape index (κ2) is 3.28. The van der Waals surface area contributed by atoms with Crippen LogP contribution in [-0.2, 0) is 9.31 Å². The average molecular weight is 182 g/mol. The first-order valence-corrected chi connectivity index (χ1v) is 5.38. The molecule has 0 amide bonds. The summed E-state index contributed by atoms with van der Waals surface area (Å²) in [6.45, 7) is 6.53. The van der Waals surface area contributed by atoms with E-state index in [1.807, 2.05) is 0 Å². The third-order valence-electron chi connectivity index (χ3n) is 2.95. The van der Waals surface area contributed by atoms with Crippen molar-refractivity contribution in [3.8, 4) is 0 Å². The summed E-state index contributed by atoms with van der Waals surface area (Å²) in [6, 6.07) is 0. The molecule has 2 rings (SSSR count). The second-order valence-corrected chi connectivity index (χ2v) is 5.33. The summed E-state index contributed by atoms with van der Waals surface area (Å²) in [5.41, 5.74) is 0. The Morgan fingerprint density at radius 2 is 1.46 bits per heavy atom. The zero-order valence-electron chi connectivity index (χ0n) is 8.88. The molecule has 0 aromatic heterocycles. The van der Waals surface area contributed by atoms with Gasteiger partial charge in [0.2, 0.25) is 0 Å². The normalized spacial score (nSPS) is 34.8. The molecule has 0 bridgehead atoms. The van der Waals surface area contributed by atoms with Gasteiger partial charge in [0.15, 0.2) is 0 Å². The van der Waals surface area contributed by atoms with Gasteiger partial charge in [-0.3, -0.25) is 0 Å². The van der Waals surface area contributed by atoms with Crippen LogP contribution in [0, 0.1) is 0 Å². The van der Waals surface area contributed by atoms with Gasteiger partial charge in [0.1, 0.15) is 0 Å². The summed E-state index contributed by atoms with van der Waals surface area (Å²) < 4.78 is 11.8. The van der Waals surface area contributed by atoms with Crippen molar-refractivity contribution in [2.45, 2.75) is 64.0 Å². The molecule has 2 fully saturated rings. The van der Waals surface area contributed by atoms with Crippen LogP contribution < -0.4 is 0 Å².